The Kier molecular flexibility index (Phi) is 4.77. The Morgan fingerprint density at radius 3 is 2.71 bits per heavy atom. The molecule has 3 heterocycles. The molecule has 2 bridgehead atoms. The van der Waals surface area contributed by atoms with E-state index in [9.17, 15) is 4.79 Å². The average molecular weight is 380 g/mol. The Morgan fingerprint density at radius 2 is 2.00 bits per heavy atom. The first-order valence-corrected chi connectivity index (χ1v) is 10.0. The third-order valence-corrected chi connectivity index (χ3v) is 5.48. The van der Waals surface area contributed by atoms with Gasteiger partial charge in [-0.3, -0.25) is 4.90 Å². The maximum absolute atomic E-state index is 12.8. The van der Waals surface area contributed by atoms with E-state index >= 15 is 0 Å². The lowest BCUT2D eigenvalue weighted by Gasteiger charge is -2.45. The van der Waals surface area contributed by atoms with Crippen molar-refractivity contribution in [2.75, 3.05) is 7.11 Å². The van der Waals surface area contributed by atoms with Gasteiger partial charge >= 0.3 is 6.09 Å². The van der Waals surface area contributed by atoms with Gasteiger partial charge in [-0.15, -0.1) is 0 Å². The van der Waals surface area contributed by atoms with Crippen molar-refractivity contribution < 1.29 is 14.3 Å². The number of carbonyl (C=O) groups excluding carboxylic acids is 1. The van der Waals surface area contributed by atoms with E-state index < -0.39 is 5.60 Å². The lowest BCUT2D eigenvalue weighted by molar-refractivity contribution is 0.0000851. The highest BCUT2D eigenvalue weighted by Gasteiger charge is 2.39. The van der Waals surface area contributed by atoms with Gasteiger partial charge in [0.05, 0.1) is 18.7 Å². The molecule has 0 radical (unpaired) electrons. The maximum Gasteiger partial charge on any atom is 0.411 e. The molecular weight excluding hydrogens is 352 g/mol. The van der Waals surface area contributed by atoms with Crippen molar-refractivity contribution in [2.45, 2.75) is 64.1 Å². The fourth-order valence-electron chi connectivity index (χ4n) is 4.26. The number of fused-ring (bicyclic) bond motifs is 3. The van der Waals surface area contributed by atoms with Crippen LogP contribution in [0.4, 0.5) is 4.79 Å². The highest BCUT2D eigenvalue weighted by atomic mass is 16.6. The van der Waals surface area contributed by atoms with E-state index in [-0.39, 0.29) is 18.2 Å². The summed E-state index contributed by atoms with van der Waals surface area (Å²) in [6.45, 7) is 5.76. The van der Waals surface area contributed by atoms with Gasteiger partial charge < -0.3 is 9.47 Å². The van der Waals surface area contributed by atoms with Crippen LogP contribution in [0.3, 0.4) is 0 Å². The van der Waals surface area contributed by atoms with Crippen LogP contribution in [0, 0.1) is 0 Å². The predicted octanol–water partition coefficient (Wildman–Crippen LogP) is 5.19. The molecule has 0 aliphatic carbocycles. The minimum atomic E-state index is -0.470. The van der Waals surface area contributed by atoms with Gasteiger partial charge in [0.2, 0.25) is 5.88 Å². The van der Waals surface area contributed by atoms with Gasteiger partial charge in [-0.2, -0.15) is 0 Å². The molecule has 4 rings (SSSR count). The average Bonchev–Trinajstić information content (AvgIpc) is 2.64. The van der Waals surface area contributed by atoms with E-state index in [0.717, 1.165) is 36.6 Å². The molecule has 2 unspecified atom stereocenters. The summed E-state index contributed by atoms with van der Waals surface area (Å²) >= 11 is 0. The number of nitrogens with zero attached hydrogens (tertiary/aromatic N) is 2. The summed E-state index contributed by atoms with van der Waals surface area (Å²) in [6, 6.07) is 10.6. The van der Waals surface area contributed by atoms with Gasteiger partial charge in [-0.05, 0) is 75.8 Å². The van der Waals surface area contributed by atoms with Crippen molar-refractivity contribution in [1.29, 1.82) is 0 Å². The van der Waals surface area contributed by atoms with Crippen molar-refractivity contribution in [1.82, 2.24) is 9.88 Å². The zero-order valence-electron chi connectivity index (χ0n) is 17.1. The van der Waals surface area contributed by atoms with Crippen LogP contribution < -0.4 is 4.74 Å². The molecule has 0 saturated carbocycles. The van der Waals surface area contributed by atoms with Gasteiger partial charge in [-0.1, -0.05) is 12.1 Å². The second-order valence-electron chi connectivity index (χ2n) is 8.70. The Morgan fingerprint density at radius 1 is 1.18 bits per heavy atom. The summed E-state index contributed by atoms with van der Waals surface area (Å²) in [4.78, 5) is 19.2. The molecule has 5 nitrogen and oxygen atoms in total. The van der Waals surface area contributed by atoms with Crippen molar-refractivity contribution >= 4 is 22.6 Å². The van der Waals surface area contributed by atoms with Crippen LogP contribution in [-0.2, 0) is 4.74 Å². The molecule has 2 atom stereocenters. The second-order valence-corrected chi connectivity index (χ2v) is 8.70. The van der Waals surface area contributed by atoms with Crippen LogP contribution in [0.15, 0.2) is 36.4 Å². The van der Waals surface area contributed by atoms with Crippen molar-refractivity contribution in [3.05, 3.63) is 42.0 Å². The number of hydrogen-bond donors (Lipinski definition) is 0. The third-order valence-electron chi connectivity index (χ3n) is 5.48. The summed E-state index contributed by atoms with van der Waals surface area (Å²) in [5.41, 5.74) is 2.98. The monoisotopic (exact) mass is 380 g/mol. The van der Waals surface area contributed by atoms with E-state index in [1.54, 1.807) is 7.11 Å². The number of ether oxygens (including phenoxy) is 2. The molecular formula is C23H28N2O3. The quantitative estimate of drug-likeness (QED) is 0.719. The Hall–Kier alpha value is -2.56. The number of pyridine rings is 1. The Bertz CT molecular complexity index is 929. The van der Waals surface area contributed by atoms with Crippen LogP contribution in [-0.4, -0.2) is 40.8 Å². The highest BCUT2D eigenvalue weighted by Crippen LogP contribution is 2.38. The molecule has 1 aromatic heterocycles. The maximum atomic E-state index is 12.8. The van der Waals surface area contributed by atoms with E-state index in [1.165, 1.54) is 11.1 Å². The fourth-order valence-corrected chi connectivity index (χ4v) is 4.26. The minimum Gasteiger partial charge on any atom is -0.481 e. The number of piperidine rings is 1. The highest BCUT2D eigenvalue weighted by molar-refractivity contribution is 5.84. The molecule has 148 valence electrons. The van der Waals surface area contributed by atoms with E-state index in [2.05, 4.69) is 23.2 Å². The number of rotatable bonds is 2. The molecule has 1 saturated heterocycles. The first kappa shape index (κ1) is 18.8. The normalized spacial score (nSPS) is 22.0. The summed E-state index contributed by atoms with van der Waals surface area (Å²) in [5.74, 6) is 0.625. The number of aromatic nitrogens is 1. The molecule has 28 heavy (non-hydrogen) atoms. The number of carbonyl (C=O) groups is 1. The van der Waals surface area contributed by atoms with E-state index in [4.69, 9.17) is 9.47 Å². The van der Waals surface area contributed by atoms with Crippen molar-refractivity contribution in [2.24, 2.45) is 0 Å². The zero-order chi connectivity index (χ0) is 19.9. The number of benzene rings is 1. The molecule has 1 amide bonds. The van der Waals surface area contributed by atoms with Gasteiger partial charge in [-0.25, -0.2) is 9.78 Å². The lowest BCUT2D eigenvalue weighted by Crippen LogP contribution is -2.53. The first-order valence-electron chi connectivity index (χ1n) is 10.0. The van der Waals surface area contributed by atoms with Crippen LogP contribution in [0.2, 0.25) is 0 Å². The van der Waals surface area contributed by atoms with Gasteiger partial charge in [0.15, 0.2) is 0 Å². The molecule has 1 fully saturated rings. The molecule has 1 aromatic carbocycles. The Labute approximate surface area is 166 Å². The fraction of sp³-hybridized carbons (Fsp3) is 0.478. The van der Waals surface area contributed by atoms with E-state index in [1.807, 2.05) is 43.9 Å². The molecule has 0 spiro atoms. The van der Waals surface area contributed by atoms with E-state index in [0.29, 0.717) is 5.88 Å². The predicted molar refractivity (Wildman–Crippen MR) is 110 cm³/mol. The number of amides is 1. The minimum absolute atomic E-state index is 0.113. The summed E-state index contributed by atoms with van der Waals surface area (Å²) in [5, 5.41) is 1.10. The number of hydrogen-bond acceptors (Lipinski definition) is 4. The van der Waals surface area contributed by atoms with Crippen molar-refractivity contribution in [3.8, 4) is 5.88 Å². The van der Waals surface area contributed by atoms with Crippen LogP contribution >= 0.6 is 0 Å². The molecule has 2 aromatic rings. The summed E-state index contributed by atoms with van der Waals surface area (Å²) < 4.78 is 10.9. The third kappa shape index (κ3) is 3.71. The zero-order valence-corrected chi connectivity index (χ0v) is 17.1. The first-order chi connectivity index (χ1) is 13.3. The molecule has 2 aliphatic heterocycles. The lowest BCUT2D eigenvalue weighted by atomic mass is 9.83. The standard InChI is InChI=1S/C23H28N2O3/c1-23(2,3)28-22(26)25-18-6-5-7-19(25)14-17(13-18)15-8-10-20-16(12-15)9-11-21(24-20)27-4/h8-13,18-19H,5-7,14H2,1-4H3. The van der Waals surface area contributed by atoms with Crippen LogP contribution in [0.5, 0.6) is 5.88 Å². The molecule has 2 aliphatic rings. The van der Waals surface area contributed by atoms with Gasteiger partial charge in [0, 0.05) is 17.5 Å². The smallest absolute Gasteiger partial charge is 0.411 e. The Balaban J connectivity index is 1.63. The topological polar surface area (TPSA) is 51.7 Å². The summed E-state index contributed by atoms with van der Waals surface area (Å²) in [6.07, 6.45) is 6.11. The molecule has 5 heteroatoms. The SMILES string of the molecule is COc1ccc2cc(C3=CC4CCCC(C3)N4C(=O)OC(C)(C)C)ccc2n1. The number of methoxy groups -OCH3 is 1. The van der Waals surface area contributed by atoms with Crippen LogP contribution in [0.25, 0.3) is 16.5 Å². The van der Waals surface area contributed by atoms with Crippen LogP contribution in [0.1, 0.15) is 52.0 Å². The summed E-state index contributed by atoms with van der Waals surface area (Å²) in [7, 11) is 1.63. The molecule has 0 N–H and O–H groups in total. The van der Waals surface area contributed by atoms with Crippen molar-refractivity contribution in [3.63, 3.8) is 0 Å². The largest absolute Gasteiger partial charge is 0.481 e. The van der Waals surface area contributed by atoms with Gasteiger partial charge in [0.25, 0.3) is 0 Å². The second kappa shape index (κ2) is 7.12. The van der Waals surface area contributed by atoms with Gasteiger partial charge in [0.1, 0.15) is 5.60 Å².